The van der Waals surface area contributed by atoms with E-state index in [0.29, 0.717) is 24.3 Å². The topological polar surface area (TPSA) is 89.0 Å². The van der Waals surface area contributed by atoms with E-state index in [1.165, 1.54) is 50.5 Å². The maximum absolute atomic E-state index is 11.6. The molecule has 0 radical (unpaired) electrons. The number of carbonyl (C=O) groups is 1. The minimum absolute atomic E-state index is 0.378. The second-order valence-electron chi connectivity index (χ2n) is 11.0. The van der Waals surface area contributed by atoms with E-state index in [1.54, 1.807) is 6.20 Å². The fraction of sp³-hybridized carbons (Fsp3) is 0.533. The minimum atomic E-state index is -0.378. The van der Waals surface area contributed by atoms with E-state index in [2.05, 4.69) is 33.9 Å². The number of ether oxygens (including phenoxy) is 1. The number of hydrogen-bond donors (Lipinski definition) is 2. The van der Waals surface area contributed by atoms with E-state index in [1.807, 2.05) is 12.3 Å². The molecule has 0 amide bonds. The first-order valence-corrected chi connectivity index (χ1v) is 14.1. The van der Waals surface area contributed by atoms with Crippen LogP contribution in [0.25, 0.3) is 22.0 Å². The first kappa shape index (κ1) is 24.3. The maximum atomic E-state index is 11.6. The van der Waals surface area contributed by atoms with Crippen LogP contribution in [-0.2, 0) is 9.53 Å². The van der Waals surface area contributed by atoms with Gasteiger partial charge in [0.2, 0.25) is 0 Å². The van der Waals surface area contributed by atoms with E-state index in [4.69, 9.17) is 14.7 Å². The van der Waals surface area contributed by atoms with Gasteiger partial charge >= 0.3 is 0 Å². The van der Waals surface area contributed by atoms with Gasteiger partial charge in [-0.3, -0.25) is 9.78 Å². The largest absolute Gasteiger partial charge is 0.458 e. The SMILES string of the molecule is O=COC(CC1CCNCC1)c1nc(-c2cc(NC3CCCCC3)ncc2C2CC2)cc2cnccc12. The third-order valence-electron chi connectivity index (χ3n) is 8.38. The Labute approximate surface area is 218 Å². The average Bonchev–Trinajstić information content (AvgIpc) is 3.79. The Morgan fingerprint density at radius 2 is 1.89 bits per heavy atom. The molecule has 2 N–H and O–H groups in total. The van der Waals surface area contributed by atoms with E-state index in [0.717, 1.165) is 65.9 Å². The quantitative estimate of drug-likeness (QED) is 0.353. The highest BCUT2D eigenvalue weighted by molar-refractivity contribution is 5.88. The number of carbonyl (C=O) groups excluding carboxylic acids is 1. The number of pyridine rings is 3. The molecule has 1 saturated heterocycles. The number of aromatic nitrogens is 3. The zero-order chi connectivity index (χ0) is 25.0. The molecule has 37 heavy (non-hydrogen) atoms. The van der Waals surface area contributed by atoms with Crippen molar-refractivity contribution in [1.82, 2.24) is 20.3 Å². The number of anilines is 1. The summed E-state index contributed by atoms with van der Waals surface area (Å²) in [5, 5.41) is 9.15. The van der Waals surface area contributed by atoms with Crippen LogP contribution in [0.15, 0.2) is 36.8 Å². The molecule has 7 nitrogen and oxygen atoms in total. The van der Waals surface area contributed by atoms with E-state index in [-0.39, 0.29) is 6.10 Å². The molecule has 1 unspecified atom stereocenters. The molecule has 7 heteroatoms. The van der Waals surface area contributed by atoms with Crippen LogP contribution in [0.5, 0.6) is 0 Å². The molecule has 0 spiro atoms. The van der Waals surface area contributed by atoms with Crippen molar-refractivity contribution in [3.05, 3.63) is 48.0 Å². The number of nitrogens with one attached hydrogen (secondary N) is 2. The van der Waals surface area contributed by atoms with Gasteiger partial charge in [0, 0.05) is 41.0 Å². The van der Waals surface area contributed by atoms with Crippen LogP contribution in [0.1, 0.15) is 87.5 Å². The van der Waals surface area contributed by atoms with Crippen molar-refractivity contribution in [2.24, 2.45) is 5.92 Å². The van der Waals surface area contributed by atoms with Crippen molar-refractivity contribution in [3.8, 4) is 11.3 Å². The van der Waals surface area contributed by atoms with Crippen molar-refractivity contribution in [2.45, 2.75) is 82.3 Å². The molecule has 2 aliphatic carbocycles. The zero-order valence-corrected chi connectivity index (χ0v) is 21.5. The predicted molar refractivity (Wildman–Crippen MR) is 145 cm³/mol. The van der Waals surface area contributed by atoms with Crippen molar-refractivity contribution < 1.29 is 9.53 Å². The standard InChI is InChI=1S/C30H37N5O2/c36-19-37-28(14-20-8-11-31-12-9-20)30-24-10-13-32-17-22(24)15-27(35-30)25-16-29(33-18-26(25)21-6-7-21)34-23-4-2-1-3-5-23/h10,13,15-21,23,28,31H,1-9,11-12,14H2,(H,33,34). The number of hydrogen-bond acceptors (Lipinski definition) is 7. The molecular weight excluding hydrogens is 462 g/mol. The Morgan fingerprint density at radius 3 is 2.68 bits per heavy atom. The normalized spacial score (nSPS) is 20.0. The molecule has 6 rings (SSSR count). The summed E-state index contributed by atoms with van der Waals surface area (Å²) in [4.78, 5) is 26.1. The number of piperidine rings is 1. The first-order valence-electron chi connectivity index (χ1n) is 14.1. The third kappa shape index (κ3) is 5.61. The van der Waals surface area contributed by atoms with Crippen LogP contribution in [-0.4, -0.2) is 40.6 Å². The molecule has 3 fully saturated rings. The summed E-state index contributed by atoms with van der Waals surface area (Å²) in [7, 11) is 0. The maximum Gasteiger partial charge on any atom is 0.293 e. The smallest absolute Gasteiger partial charge is 0.293 e. The van der Waals surface area contributed by atoms with Crippen LogP contribution in [0, 0.1) is 5.92 Å². The van der Waals surface area contributed by atoms with Gasteiger partial charge in [-0.05, 0) is 93.6 Å². The van der Waals surface area contributed by atoms with E-state index in [9.17, 15) is 4.79 Å². The Balaban J connectivity index is 1.40. The fourth-order valence-corrected chi connectivity index (χ4v) is 6.17. The van der Waals surface area contributed by atoms with Gasteiger partial charge in [-0.1, -0.05) is 19.3 Å². The van der Waals surface area contributed by atoms with Crippen LogP contribution >= 0.6 is 0 Å². The third-order valence-corrected chi connectivity index (χ3v) is 8.38. The van der Waals surface area contributed by atoms with E-state index < -0.39 is 0 Å². The van der Waals surface area contributed by atoms with Gasteiger partial charge in [0.25, 0.3) is 6.47 Å². The van der Waals surface area contributed by atoms with Crippen LogP contribution in [0.3, 0.4) is 0 Å². The number of nitrogens with zero attached hydrogens (tertiary/aromatic N) is 3. The van der Waals surface area contributed by atoms with Crippen molar-refractivity contribution in [3.63, 3.8) is 0 Å². The highest BCUT2D eigenvalue weighted by Gasteiger charge is 2.29. The molecule has 194 valence electrons. The summed E-state index contributed by atoms with van der Waals surface area (Å²) >= 11 is 0. The fourth-order valence-electron chi connectivity index (χ4n) is 6.17. The highest BCUT2D eigenvalue weighted by atomic mass is 16.5. The summed E-state index contributed by atoms with van der Waals surface area (Å²) in [5.74, 6) is 1.97. The van der Waals surface area contributed by atoms with Gasteiger partial charge in [-0.15, -0.1) is 0 Å². The molecule has 3 aliphatic rings. The molecule has 4 heterocycles. The summed E-state index contributed by atoms with van der Waals surface area (Å²) in [6, 6.07) is 6.81. The molecule has 1 aliphatic heterocycles. The Morgan fingerprint density at radius 1 is 1.05 bits per heavy atom. The molecule has 2 saturated carbocycles. The lowest BCUT2D eigenvalue weighted by molar-refractivity contribution is -0.135. The molecule has 0 bridgehead atoms. The van der Waals surface area contributed by atoms with Crippen LogP contribution in [0.2, 0.25) is 0 Å². The van der Waals surface area contributed by atoms with Gasteiger partial charge < -0.3 is 15.4 Å². The second-order valence-corrected chi connectivity index (χ2v) is 11.0. The summed E-state index contributed by atoms with van der Waals surface area (Å²) in [6.07, 6.45) is 17.0. The van der Waals surface area contributed by atoms with Crippen molar-refractivity contribution in [2.75, 3.05) is 18.4 Å². The molecule has 3 aromatic rings. The predicted octanol–water partition coefficient (Wildman–Crippen LogP) is 5.92. The summed E-state index contributed by atoms with van der Waals surface area (Å²) in [6.45, 7) is 2.60. The molecule has 1 atom stereocenters. The lowest BCUT2D eigenvalue weighted by Gasteiger charge is -2.27. The van der Waals surface area contributed by atoms with Crippen LogP contribution < -0.4 is 10.6 Å². The summed E-state index contributed by atoms with van der Waals surface area (Å²) < 4.78 is 5.74. The molecule has 0 aromatic carbocycles. The lowest BCUT2D eigenvalue weighted by atomic mass is 9.89. The van der Waals surface area contributed by atoms with Gasteiger partial charge in [-0.25, -0.2) is 9.97 Å². The number of fused-ring (bicyclic) bond motifs is 1. The highest BCUT2D eigenvalue weighted by Crippen LogP contribution is 2.45. The van der Waals surface area contributed by atoms with Gasteiger partial charge in [0.1, 0.15) is 11.9 Å². The zero-order valence-electron chi connectivity index (χ0n) is 21.5. The average molecular weight is 500 g/mol. The Kier molecular flexibility index (Phi) is 7.31. The minimum Gasteiger partial charge on any atom is -0.458 e. The monoisotopic (exact) mass is 499 g/mol. The number of rotatable bonds is 9. The van der Waals surface area contributed by atoms with Gasteiger partial charge in [0.05, 0.1) is 11.4 Å². The first-order chi connectivity index (χ1) is 18.3. The Bertz CT molecular complexity index is 1230. The Hall–Kier alpha value is -3.06. The van der Waals surface area contributed by atoms with Crippen molar-refractivity contribution in [1.29, 1.82) is 0 Å². The second kappa shape index (κ2) is 11.1. The summed E-state index contributed by atoms with van der Waals surface area (Å²) in [5.41, 5.74) is 4.15. The molecule has 3 aromatic heterocycles. The van der Waals surface area contributed by atoms with Gasteiger partial charge in [0.15, 0.2) is 0 Å². The van der Waals surface area contributed by atoms with Crippen LogP contribution in [0.4, 0.5) is 5.82 Å². The van der Waals surface area contributed by atoms with Gasteiger partial charge in [-0.2, -0.15) is 0 Å². The molecular formula is C30H37N5O2. The van der Waals surface area contributed by atoms with Crippen molar-refractivity contribution >= 4 is 23.1 Å². The lowest BCUT2D eigenvalue weighted by Crippen LogP contribution is -2.29. The van der Waals surface area contributed by atoms with E-state index >= 15 is 0 Å².